The Hall–Kier alpha value is 1.05. The van der Waals surface area contributed by atoms with Crippen molar-refractivity contribution in [3.8, 4) is 0 Å². The van der Waals surface area contributed by atoms with Gasteiger partial charge in [-0.25, -0.2) is 0 Å². The predicted octanol–water partition coefficient (Wildman–Crippen LogP) is 14.1. The summed E-state index contributed by atoms with van der Waals surface area (Å²) in [5.41, 5.74) is 5.54. The first kappa shape index (κ1) is 40.0. The van der Waals surface area contributed by atoms with Crippen LogP contribution in [0.1, 0.15) is 205 Å². The van der Waals surface area contributed by atoms with E-state index >= 15 is 0 Å². The summed E-state index contributed by atoms with van der Waals surface area (Å²) in [6, 6.07) is -1.54. The number of unbranched alkanes of at least 4 members (excludes halogenated alkanes) is 31. The van der Waals surface area contributed by atoms with Crippen LogP contribution in [0.4, 0.5) is 0 Å². The molecule has 0 heterocycles. The fourth-order valence-electron chi connectivity index (χ4n) is 5.77. The topological polar surface area (TPSA) is 26.0 Å². The van der Waals surface area contributed by atoms with Crippen LogP contribution in [0.3, 0.4) is 0 Å². The van der Waals surface area contributed by atoms with Gasteiger partial charge in [-0.2, -0.15) is 0 Å². The number of hydrogen-bond acceptors (Lipinski definition) is 1. The third-order valence-corrected chi connectivity index (χ3v) is 11.0. The molecule has 0 spiro atoms. The molecular weight excluding hydrogens is 557 g/mol. The minimum absolute atomic E-state index is 0.829. The summed E-state index contributed by atoms with van der Waals surface area (Å²) in [7, 11) is 0. The number of hydrogen-bond donors (Lipinski definition) is 1. The Morgan fingerprint density at radius 2 is 0.410 bits per heavy atom. The van der Waals surface area contributed by atoms with E-state index in [0.29, 0.717) is 0 Å². The van der Waals surface area contributed by atoms with E-state index in [1.807, 2.05) is 0 Å². The maximum absolute atomic E-state index is 5.93. The van der Waals surface area contributed by atoms with Gasteiger partial charge < -0.3 is 5.73 Å². The second-order valence-electron chi connectivity index (χ2n) is 12.5. The van der Waals surface area contributed by atoms with Crippen molar-refractivity contribution in [2.45, 2.75) is 212 Å². The van der Waals surface area contributed by atoms with Crippen molar-refractivity contribution in [3.05, 3.63) is 0 Å². The molecule has 0 fully saturated rings. The van der Waals surface area contributed by atoms with Crippen molar-refractivity contribution in [2.24, 2.45) is 5.73 Å². The zero-order valence-corrected chi connectivity index (χ0v) is 29.5. The monoisotopic (exact) mass is 625 g/mol. The fraction of sp³-hybridized carbons (Fsp3) is 1.00. The smallest absolute Gasteiger partial charge is 0.330 e. The number of nitrogens with two attached hydrogens (primary N) is 1. The van der Waals surface area contributed by atoms with E-state index in [-0.39, 0.29) is 0 Å². The average molecular weight is 627 g/mol. The van der Waals surface area contributed by atoms with Crippen molar-refractivity contribution in [2.75, 3.05) is 6.54 Å². The van der Waals surface area contributed by atoms with Gasteiger partial charge in [0.1, 0.15) is 0 Å². The van der Waals surface area contributed by atoms with Crippen LogP contribution in [0.15, 0.2) is 0 Å². The van der Waals surface area contributed by atoms with Crippen LogP contribution < -0.4 is 5.73 Å². The Bertz CT molecular complexity index is 445. The van der Waals surface area contributed by atoms with Gasteiger partial charge in [0.05, 0.1) is 0 Å². The second kappa shape index (κ2) is 33.5. The van der Waals surface area contributed by atoms with Crippen LogP contribution in [0.5, 0.6) is 0 Å². The maximum Gasteiger partial charge on any atom is 0.341 e. The molecule has 39 heavy (non-hydrogen) atoms. The molecule has 0 aromatic rings. The molecular formula is C34H70Cl3NSi. The molecule has 0 rings (SSSR count). The van der Waals surface area contributed by atoms with E-state index < -0.39 is 6.00 Å². The minimum Gasteiger partial charge on any atom is -0.330 e. The third-order valence-electron chi connectivity index (χ3n) is 8.41. The van der Waals surface area contributed by atoms with E-state index in [2.05, 4.69) is 0 Å². The van der Waals surface area contributed by atoms with Crippen LogP contribution in [-0.2, 0) is 0 Å². The summed E-state index contributed by atoms with van der Waals surface area (Å²) < 4.78 is 0. The summed E-state index contributed by atoms with van der Waals surface area (Å²) in [4.78, 5) is 0. The van der Waals surface area contributed by atoms with E-state index in [0.717, 1.165) is 19.0 Å². The molecule has 0 aliphatic carbocycles. The predicted molar refractivity (Wildman–Crippen MR) is 185 cm³/mol. The summed E-state index contributed by atoms with van der Waals surface area (Å²) in [6.07, 6.45) is 45.4. The standard InChI is InChI=1S/C34H70Cl3NSi/c35-39(36,37)34-32-30-28-26-24-22-20-18-16-14-12-10-8-6-4-2-1-3-5-7-9-11-13-15-17-19-21-23-25-27-29-31-33-38/h1-34,38H2. The van der Waals surface area contributed by atoms with Crippen LogP contribution in [-0.4, -0.2) is 12.5 Å². The molecule has 0 aliphatic heterocycles. The Morgan fingerprint density at radius 1 is 0.256 bits per heavy atom. The highest BCUT2D eigenvalue weighted by atomic mass is 35.8. The Balaban J connectivity index is 3.04. The molecule has 0 amide bonds. The lowest BCUT2D eigenvalue weighted by atomic mass is 10.0. The summed E-state index contributed by atoms with van der Waals surface area (Å²) in [5.74, 6) is 0. The molecule has 5 heteroatoms. The van der Waals surface area contributed by atoms with Crippen molar-refractivity contribution in [1.82, 2.24) is 0 Å². The highest BCUT2D eigenvalue weighted by Crippen LogP contribution is 2.27. The third kappa shape index (κ3) is 39.0. The summed E-state index contributed by atoms with van der Waals surface area (Å²) >= 11 is 17.8. The fourth-order valence-corrected chi connectivity index (χ4v) is 7.63. The van der Waals surface area contributed by atoms with Gasteiger partial charge in [-0.15, -0.1) is 33.2 Å². The Labute approximate surface area is 262 Å². The van der Waals surface area contributed by atoms with Crippen LogP contribution in [0.25, 0.3) is 0 Å². The minimum atomic E-state index is -2.37. The molecule has 0 unspecified atom stereocenters. The highest BCUT2D eigenvalue weighted by Gasteiger charge is 2.23. The number of rotatable bonds is 34. The summed E-state index contributed by atoms with van der Waals surface area (Å²) in [5, 5.41) is 0. The van der Waals surface area contributed by atoms with Gasteiger partial charge in [-0.1, -0.05) is 199 Å². The second-order valence-corrected chi connectivity index (χ2v) is 21.7. The van der Waals surface area contributed by atoms with Gasteiger partial charge in [-0.3, -0.25) is 0 Å². The Morgan fingerprint density at radius 3 is 0.564 bits per heavy atom. The first-order valence-electron chi connectivity index (χ1n) is 17.8. The van der Waals surface area contributed by atoms with Gasteiger partial charge in [0, 0.05) is 0 Å². The van der Waals surface area contributed by atoms with Crippen LogP contribution >= 0.6 is 33.2 Å². The van der Waals surface area contributed by atoms with Crippen LogP contribution in [0, 0.1) is 0 Å². The molecule has 0 aromatic heterocycles. The molecule has 2 N–H and O–H groups in total. The lowest BCUT2D eigenvalue weighted by Crippen LogP contribution is -2.07. The molecule has 1 nitrogen and oxygen atoms in total. The first-order chi connectivity index (χ1) is 19.1. The average Bonchev–Trinajstić information content (AvgIpc) is 2.90. The van der Waals surface area contributed by atoms with Crippen LogP contribution in [0.2, 0.25) is 6.04 Å². The lowest BCUT2D eigenvalue weighted by molar-refractivity contribution is 0.512. The SMILES string of the molecule is NCCCCCCCCCCCCCCCCCCCCCCCCCCCCCCCCCC[Si](Cl)(Cl)Cl. The molecule has 236 valence electrons. The van der Waals surface area contributed by atoms with Gasteiger partial charge in [0.25, 0.3) is 0 Å². The Kier molecular flexibility index (Phi) is 34.4. The van der Waals surface area contributed by atoms with E-state index in [1.54, 1.807) is 0 Å². The molecule has 0 radical (unpaired) electrons. The molecule has 0 saturated heterocycles. The number of halogens is 3. The van der Waals surface area contributed by atoms with Gasteiger partial charge in [-0.05, 0) is 19.0 Å². The quantitative estimate of drug-likeness (QED) is 0.0429. The lowest BCUT2D eigenvalue weighted by Gasteiger charge is -2.07. The van der Waals surface area contributed by atoms with Crippen molar-refractivity contribution >= 4 is 39.2 Å². The van der Waals surface area contributed by atoms with Gasteiger partial charge >= 0.3 is 6.00 Å². The van der Waals surface area contributed by atoms with E-state index in [4.69, 9.17) is 39.0 Å². The zero-order valence-electron chi connectivity index (χ0n) is 26.3. The van der Waals surface area contributed by atoms with Crippen molar-refractivity contribution in [1.29, 1.82) is 0 Å². The molecule has 0 saturated carbocycles. The van der Waals surface area contributed by atoms with Gasteiger partial charge in [0.15, 0.2) is 0 Å². The molecule has 0 bridgehead atoms. The van der Waals surface area contributed by atoms with Crippen molar-refractivity contribution < 1.29 is 0 Å². The highest BCUT2D eigenvalue weighted by molar-refractivity contribution is 7.64. The molecule has 0 aromatic carbocycles. The molecule has 0 atom stereocenters. The molecule has 0 aliphatic rings. The maximum atomic E-state index is 5.93. The van der Waals surface area contributed by atoms with E-state index in [9.17, 15) is 0 Å². The summed E-state index contributed by atoms with van der Waals surface area (Å²) in [6.45, 7) is 0.870. The van der Waals surface area contributed by atoms with Crippen molar-refractivity contribution in [3.63, 3.8) is 0 Å². The normalized spacial score (nSPS) is 12.0. The van der Waals surface area contributed by atoms with Gasteiger partial charge in [0.2, 0.25) is 0 Å². The largest absolute Gasteiger partial charge is 0.341 e. The zero-order chi connectivity index (χ0) is 28.5. The van der Waals surface area contributed by atoms with E-state index in [1.165, 1.54) is 199 Å². The first-order valence-corrected chi connectivity index (χ1v) is 23.1.